The standard InChI is InChI=1S/C13H16N2O3/c1-10(16)11-6-8-14(9-7-11)12-2-4-13(5-3-12)15(17)18/h2-5,11H,6-9H2,1H3. The van der Waals surface area contributed by atoms with Crippen LogP contribution < -0.4 is 4.90 Å². The number of anilines is 1. The van der Waals surface area contributed by atoms with Crippen molar-refractivity contribution in [1.29, 1.82) is 0 Å². The Bertz CT molecular complexity index is 448. The number of non-ortho nitro benzene ring substituents is 1. The average Bonchev–Trinajstić information content (AvgIpc) is 2.39. The smallest absolute Gasteiger partial charge is 0.269 e. The molecule has 0 N–H and O–H groups in total. The van der Waals surface area contributed by atoms with Gasteiger partial charge in [-0.15, -0.1) is 0 Å². The lowest BCUT2D eigenvalue weighted by Crippen LogP contribution is -2.35. The van der Waals surface area contributed by atoms with Gasteiger partial charge in [0.1, 0.15) is 5.78 Å². The number of nitrogens with zero attached hydrogens (tertiary/aromatic N) is 2. The summed E-state index contributed by atoms with van der Waals surface area (Å²) in [6.07, 6.45) is 1.73. The van der Waals surface area contributed by atoms with E-state index < -0.39 is 4.92 Å². The van der Waals surface area contributed by atoms with E-state index in [1.807, 2.05) is 0 Å². The van der Waals surface area contributed by atoms with E-state index in [9.17, 15) is 14.9 Å². The molecule has 1 heterocycles. The zero-order chi connectivity index (χ0) is 13.1. The SMILES string of the molecule is CC(=O)C1CCN(c2ccc([N+](=O)[O-])cc2)CC1. The first-order chi connectivity index (χ1) is 8.58. The lowest BCUT2D eigenvalue weighted by Gasteiger charge is -2.32. The van der Waals surface area contributed by atoms with Gasteiger partial charge in [-0.3, -0.25) is 14.9 Å². The number of hydrogen-bond acceptors (Lipinski definition) is 4. The molecule has 1 aromatic carbocycles. The molecule has 1 aliphatic heterocycles. The minimum Gasteiger partial charge on any atom is -0.371 e. The molecule has 0 radical (unpaired) electrons. The van der Waals surface area contributed by atoms with Gasteiger partial charge in [-0.25, -0.2) is 0 Å². The molecule has 2 rings (SSSR count). The monoisotopic (exact) mass is 248 g/mol. The van der Waals surface area contributed by atoms with Crippen LogP contribution in [-0.4, -0.2) is 23.8 Å². The highest BCUT2D eigenvalue weighted by atomic mass is 16.6. The highest BCUT2D eigenvalue weighted by molar-refractivity contribution is 5.78. The van der Waals surface area contributed by atoms with Gasteiger partial charge in [0.25, 0.3) is 5.69 Å². The first kappa shape index (κ1) is 12.5. The normalized spacial score (nSPS) is 16.6. The number of benzene rings is 1. The summed E-state index contributed by atoms with van der Waals surface area (Å²) in [6.45, 7) is 3.32. The second kappa shape index (κ2) is 5.16. The van der Waals surface area contributed by atoms with E-state index in [1.54, 1.807) is 19.1 Å². The molecular formula is C13H16N2O3. The molecule has 0 aromatic heterocycles. The van der Waals surface area contributed by atoms with Crippen LogP contribution in [0.15, 0.2) is 24.3 Å². The van der Waals surface area contributed by atoms with Gasteiger partial charge >= 0.3 is 0 Å². The van der Waals surface area contributed by atoms with E-state index in [4.69, 9.17) is 0 Å². The van der Waals surface area contributed by atoms with Gasteiger partial charge < -0.3 is 4.90 Å². The van der Waals surface area contributed by atoms with E-state index >= 15 is 0 Å². The molecule has 18 heavy (non-hydrogen) atoms. The first-order valence-electron chi connectivity index (χ1n) is 6.08. The molecule has 0 saturated carbocycles. The maximum absolute atomic E-state index is 11.3. The molecule has 0 spiro atoms. The molecule has 0 aliphatic carbocycles. The third kappa shape index (κ3) is 2.67. The van der Waals surface area contributed by atoms with Gasteiger partial charge in [0.15, 0.2) is 0 Å². The molecule has 1 fully saturated rings. The van der Waals surface area contributed by atoms with E-state index in [1.165, 1.54) is 12.1 Å². The van der Waals surface area contributed by atoms with Crippen molar-refractivity contribution < 1.29 is 9.72 Å². The fourth-order valence-electron chi connectivity index (χ4n) is 2.33. The Hall–Kier alpha value is -1.91. The number of carbonyl (C=O) groups is 1. The summed E-state index contributed by atoms with van der Waals surface area (Å²) in [5.74, 6) is 0.442. The Morgan fingerprint density at radius 3 is 2.28 bits per heavy atom. The van der Waals surface area contributed by atoms with Crippen LogP contribution in [0.5, 0.6) is 0 Å². The Morgan fingerprint density at radius 1 is 1.28 bits per heavy atom. The predicted molar refractivity (Wildman–Crippen MR) is 68.7 cm³/mol. The maximum Gasteiger partial charge on any atom is 0.269 e. The van der Waals surface area contributed by atoms with E-state index in [-0.39, 0.29) is 17.4 Å². The highest BCUT2D eigenvalue weighted by Crippen LogP contribution is 2.25. The zero-order valence-corrected chi connectivity index (χ0v) is 10.3. The number of piperidine rings is 1. The fraction of sp³-hybridized carbons (Fsp3) is 0.462. The lowest BCUT2D eigenvalue weighted by molar-refractivity contribution is -0.384. The number of rotatable bonds is 3. The second-order valence-electron chi connectivity index (χ2n) is 4.65. The van der Waals surface area contributed by atoms with Gasteiger partial charge in [0.05, 0.1) is 4.92 Å². The van der Waals surface area contributed by atoms with Crippen LogP contribution in [0.25, 0.3) is 0 Å². The number of ketones is 1. The fourth-order valence-corrected chi connectivity index (χ4v) is 2.33. The summed E-state index contributed by atoms with van der Waals surface area (Å²) in [4.78, 5) is 23.6. The molecule has 1 aliphatic rings. The van der Waals surface area contributed by atoms with Crippen LogP contribution >= 0.6 is 0 Å². The second-order valence-corrected chi connectivity index (χ2v) is 4.65. The van der Waals surface area contributed by atoms with Crippen molar-refractivity contribution in [2.24, 2.45) is 5.92 Å². The quantitative estimate of drug-likeness (QED) is 0.608. The largest absolute Gasteiger partial charge is 0.371 e. The molecular weight excluding hydrogens is 232 g/mol. The highest BCUT2D eigenvalue weighted by Gasteiger charge is 2.22. The van der Waals surface area contributed by atoms with Crippen molar-refractivity contribution in [2.45, 2.75) is 19.8 Å². The zero-order valence-electron chi connectivity index (χ0n) is 10.3. The van der Waals surface area contributed by atoms with Gasteiger partial charge in [0.2, 0.25) is 0 Å². The third-order valence-electron chi connectivity index (χ3n) is 3.50. The Morgan fingerprint density at radius 2 is 1.83 bits per heavy atom. The Kier molecular flexibility index (Phi) is 3.60. The Labute approximate surface area is 106 Å². The number of hydrogen-bond donors (Lipinski definition) is 0. The molecule has 0 atom stereocenters. The number of nitro benzene ring substituents is 1. The summed E-state index contributed by atoms with van der Waals surface area (Å²) in [7, 11) is 0. The van der Waals surface area contributed by atoms with Gasteiger partial charge in [-0.1, -0.05) is 0 Å². The average molecular weight is 248 g/mol. The molecule has 0 amide bonds. The van der Waals surface area contributed by atoms with Crippen molar-refractivity contribution in [2.75, 3.05) is 18.0 Å². The molecule has 5 heteroatoms. The van der Waals surface area contributed by atoms with Crippen LogP contribution in [0.3, 0.4) is 0 Å². The minimum atomic E-state index is -0.397. The maximum atomic E-state index is 11.3. The van der Waals surface area contributed by atoms with E-state index in [2.05, 4.69) is 4.90 Å². The summed E-state index contributed by atoms with van der Waals surface area (Å²) in [6, 6.07) is 6.58. The van der Waals surface area contributed by atoms with Gasteiger partial charge in [0, 0.05) is 36.8 Å². The van der Waals surface area contributed by atoms with Crippen molar-refractivity contribution in [3.63, 3.8) is 0 Å². The van der Waals surface area contributed by atoms with Crippen LogP contribution in [0.4, 0.5) is 11.4 Å². The summed E-state index contributed by atoms with van der Waals surface area (Å²) >= 11 is 0. The summed E-state index contributed by atoms with van der Waals surface area (Å²) in [5.41, 5.74) is 1.10. The van der Waals surface area contributed by atoms with Crippen molar-refractivity contribution >= 4 is 17.2 Å². The third-order valence-corrected chi connectivity index (χ3v) is 3.50. The van der Waals surface area contributed by atoms with Crippen LogP contribution in [0.1, 0.15) is 19.8 Å². The number of nitro groups is 1. The predicted octanol–water partition coefficient (Wildman–Crippen LogP) is 2.40. The van der Waals surface area contributed by atoms with Crippen LogP contribution in [0, 0.1) is 16.0 Å². The number of Topliss-reactive ketones (excluding diaryl/α,β-unsaturated/α-hetero) is 1. The van der Waals surface area contributed by atoms with Crippen molar-refractivity contribution in [3.05, 3.63) is 34.4 Å². The van der Waals surface area contributed by atoms with Gasteiger partial charge in [-0.05, 0) is 31.9 Å². The Balaban J connectivity index is 2.01. The van der Waals surface area contributed by atoms with Crippen molar-refractivity contribution in [1.82, 2.24) is 0 Å². The molecule has 0 bridgehead atoms. The molecule has 1 aromatic rings. The molecule has 0 unspecified atom stereocenters. The summed E-state index contributed by atoms with van der Waals surface area (Å²) < 4.78 is 0. The van der Waals surface area contributed by atoms with Crippen LogP contribution in [0.2, 0.25) is 0 Å². The lowest BCUT2D eigenvalue weighted by atomic mass is 9.93. The van der Waals surface area contributed by atoms with E-state index in [0.717, 1.165) is 31.6 Å². The summed E-state index contributed by atoms with van der Waals surface area (Å²) in [5, 5.41) is 10.6. The minimum absolute atomic E-state index is 0.109. The first-order valence-corrected chi connectivity index (χ1v) is 6.08. The van der Waals surface area contributed by atoms with Crippen LogP contribution in [-0.2, 0) is 4.79 Å². The molecule has 1 saturated heterocycles. The molecule has 5 nitrogen and oxygen atoms in total. The topological polar surface area (TPSA) is 63.5 Å². The van der Waals surface area contributed by atoms with Gasteiger partial charge in [-0.2, -0.15) is 0 Å². The van der Waals surface area contributed by atoms with E-state index in [0.29, 0.717) is 0 Å². The number of carbonyl (C=O) groups excluding carboxylic acids is 1. The molecule has 96 valence electrons. The van der Waals surface area contributed by atoms with Crippen molar-refractivity contribution in [3.8, 4) is 0 Å².